The summed E-state index contributed by atoms with van der Waals surface area (Å²) >= 11 is 0. The first-order chi connectivity index (χ1) is 11.3. The normalized spacial score (nSPS) is 20.2. The van der Waals surface area contributed by atoms with Crippen molar-refractivity contribution < 1.29 is 4.74 Å². The van der Waals surface area contributed by atoms with Crippen LogP contribution in [-0.4, -0.2) is 74.4 Å². The van der Waals surface area contributed by atoms with Crippen LogP contribution in [0.3, 0.4) is 0 Å². The number of hydrogen-bond donors (Lipinski definition) is 0. The van der Waals surface area contributed by atoms with E-state index in [-0.39, 0.29) is 0 Å². The zero-order chi connectivity index (χ0) is 15.6. The molecule has 0 radical (unpaired) electrons. The van der Waals surface area contributed by atoms with Gasteiger partial charge in [0.25, 0.3) is 0 Å². The van der Waals surface area contributed by atoms with Crippen LogP contribution in [0.25, 0.3) is 10.9 Å². The number of hydrogen-bond acceptors (Lipinski definition) is 6. The van der Waals surface area contributed by atoms with E-state index in [9.17, 15) is 0 Å². The summed E-state index contributed by atoms with van der Waals surface area (Å²) in [5, 5.41) is 1.15. The SMILES string of the molecule is CN1CCN(c2nc(N3CCOCC3)nc3ccccc23)CC1. The largest absolute Gasteiger partial charge is 0.378 e. The number of para-hydroxylation sites is 1. The molecule has 1 aromatic carbocycles. The van der Waals surface area contributed by atoms with Crippen molar-refractivity contribution in [3.8, 4) is 0 Å². The molecule has 2 aliphatic rings. The summed E-state index contributed by atoms with van der Waals surface area (Å²) in [5.74, 6) is 1.91. The summed E-state index contributed by atoms with van der Waals surface area (Å²) in [6.45, 7) is 7.40. The number of morpholine rings is 1. The Kier molecular flexibility index (Phi) is 4.01. The first-order valence-electron chi connectivity index (χ1n) is 8.34. The van der Waals surface area contributed by atoms with E-state index >= 15 is 0 Å². The molecule has 0 amide bonds. The Hall–Kier alpha value is -1.92. The molecule has 0 unspecified atom stereocenters. The minimum atomic E-state index is 0.750. The summed E-state index contributed by atoms with van der Waals surface area (Å²) in [5.41, 5.74) is 1.03. The van der Waals surface area contributed by atoms with Crippen molar-refractivity contribution in [1.29, 1.82) is 0 Å². The fourth-order valence-electron chi connectivity index (χ4n) is 3.21. The van der Waals surface area contributed by atoms with E-state index in [0.29, 0.717) is 0 Å². The Morgan fingerprint density at radius 1 is 0.870 bits per heavy atom. The lowest BCUT2D eigenvalue weighted by atomic mass is 10.2. The number of aromatic nitrogens is 2. The summed E-state index contributed by atoms with van der Waals surface area (Å²) in [6.07, 6.45) is 0. The van der Waals surface area contributed by atoms with Gasteiger partial charge < -0.3 is 19.4 Å². The van der Waals surface area contributed by atoms with Crippen LogP contribution >= 0.6 is 0 Å². The van der Waals surface area contributed by atoms with Gasteiger partial charge in [0.2, 0.25) is 5.95 Å². The number of piperazine rings is 1. The average Bonchev–Trinajstić information content (AvgIpc) is 2.62. The second-order valence-corrected chi connectivity index (χ2v) is 6.25. The van der Waals surface area contributed by atoms with Crippen molar-refractivity contribution in [2.45, 2.75) is 0 Å². The van der Waals surface area contributed by atoms with Crippen LogP contribution in [0.5, 0.6) is 0 Å². The number of benzene rings is 1. The lowest BCUT2D eigenvalue weighted by molar-refractivity contribution is 0.122. The molecule has 1 aromatic heterocycles. The van der Waals surface area contributed by atoms with Crippen molar-refractivity contribution in [2.24, 2.45) is 0 Å². The number of anilines is 2. The molecular weight excluding hydrogens is 290 g/mol. The van der Waals surface area contributed by atoms with E-state index in [4.69, 9.17) is 14.7 Å². The van der Waals surface area contributed by atoms with Gasteiger partial charge in [0, 0.05) is 44.7 Å². The maximum atomic E-state index is 5.45. The number of fused-ring (bicyclic) bond motifs is 1. The lowest BCUT2D eigenvalue weighted by Crippen LogP contribution is -2.45. The molecule has 0 N–H and O–H groups in total. The molecule has 23 heavy (non-hydrogen) atoms. The summed E-state index contributed by atoms with van der Waals surface area (Å²) in [6, 6.07) is 8.33. The third-order valence-corrected chi connectivity index (χ3v) is 4.67. The molecule has 2 aromatic rings. The molecular formula is C17H23N5O. The van der Waals surface area contributed by atoms with Gasteiger partial charge >= 0.3 is 0 Å². The van der Waals surface area contributed by atoms with Gasteiger partial charge in [-0.25, -0.2) is 4.98 Å². The van der Waals surface area contributed by atoms with E-state index in [1.807, 2.05) is 6.07 Å². The van der Waals surface area contributed by atoms with Crippen LogP contribution in [0.15, 0.2) is 24.3 Å². The highest BCUT2D eigenvalue weighted by atomic mass is 16.5. The summed E-state index contributed by atoms with van der Waals surface area (Å²) in [7, 11) is 2.18. The second-order valence-electron chi connectivity index (χ2n) is 6.25. The van der Waals surface area contributed by atoms with Crippen LogP contribution < -0.4 is 9.80 Å². The predicted octanol–water partition coefficient (Wildman–Crippen LogP) is 1.22. The number of ether oxygens (including phenoxy) is 1. The predicted molar refractivity (Wildman–Crippen MR) is 92.3 cm³/mol. The summed E-state index contributed by atoms with van der Waals surface area (Å²) in [4.78, 5) is 16.7. The Balaban J connectivity index is 1.74. The number of rotatable bonds is 2. The minimum Gasteiger partial charge on any atom is -0.378 e. The van der Waals surface area contributed by atoms with Gasteiger partial charge in [-0.05, 0) is 19.2 Å². The molecule has 0 saturated carbocycles. The number of likely N-dealkylation sites (N-methyl/N-ethyl adjacent to an activating group) is 1. The first kappa shape index (κ1) is 14.7. The average molecular weight is 313 g/mol. The Bertz CT molecular complexity index is 678. The third-order valence-electron chi connectivity index (χ3n) is 4.67. The highest BCUT2D eigenvalue weighted by Crippen LogP contribution is 2.27. The quantitative estimate of drug-likeness (QED) is 0.831. The zero-order valence-corrected chi connectivity index (χ0v) is 13.6. The molecule has 0 bridgehead atoms. The molecule has 6 nitrogen and oxygen atoms in total. The maximum absolute atomic E-state index is 5.45. The van der Waals surface area contributed by atoms with Gasteiger partial charge in [0.05, 0.1) is 18.7 Å². The molecule has 122 valence electrons. The highest BCUT2D eigenvalue weighted by Gasteiger charge is 2.21. The Morgan fingerprint density at radius 3 is 2.39 bits per heavy atom. The summed E-state index contributed by atoms with van der Waals surface area (Å²) < 4.78 is 5.45. The van der Waals surface area contributed by atoms with Crippen LogP contribution in [0.1, 0.15) is 0 Å². The van der Waals surface area contributed by atoms with Crippen LogP contribution in [-0.2, 0) is 4.74 Å². The van der Waals surface area contributed by atoms with Crippen molar-refractivity contribution >= 4 is 22.7 Å². The van der Waals surface area contributed by atoms with E-state index in [0.717, 1.165) is 75.2 Å². The monoisotopic (exact) mass is 313 g/mol. The Labute approximate surface area is 136 Å². The van der Waals surface area contributed by atoms with E-state index in [2.05, 4.69) is 39.9 Å². The Morgan fingerprint density at radius 2 is 1.61 bits per heavy atom. The first-order valence-corrected chi connectivity index (χ1v) is 8.34. The highest BCUT2D eigenvalue weighted by molar-refractivity contribution is 5.90. The molecule has 4 rings (SSSR count). The fraction of sp³-hybridized carbons (Fsp3) is 0.529. The van der Waals surface area contributed by atoms with Crippen molar-refractivity contribution in [3.63, 3.8) is 0 Å². The second kappa shape index (κ2) is 6.29. The van der Waals surface area contributed by atoms with Gasteiger partial charge in [-0.3, -0.25) is 0 Å². The molecule has 0 aliphatic carbocycles. The van der Waals surface area contributed by atoms with Gasteiger partial charge in [-0.15, -0.1) is 0 Å². The molecule has 0 spiro atoms. The van der Waals surface area contributed by atoms with Crippen molar-refractivity contribution in [2.75, 3.05) is 69.3 Å². The fourth-order valence-corrected chi connectivity index (χ4v) is 3.21. The standard InChI is InChI=1S/C17H23N5O/c1-20-6-8-21(9-7-20)16-14-4-2-3-5-15(14)18-17(19-16)22-10-12-23-13-11-22/h2-5H,6-13H2,1H3. The molecule has 2 fully saturated rings. The topological polar surface area (TPSA) is 44.7 Å². The van der Waals surface area contributed by atoms with Crippen LogP contribution in [0.4, 0.5) is 11.8 Å². The van der Waals surface area contributed by atoms with Gasteiger partial charge in [0.15, 0.2) is 0 Å². The molecule has 0 atom stereocenters. The molecule has 2 aliphatic heterocycles. The zero-order valence-electron chi connectivity index (χ0n) is 13.6. The molecule has 6 heteroatoms. The number of nitrogens with zero attached hydrogens (tertiary/aromatic N) is 5. The molecule has 3 heterocycles. The smallest absolute Gasteiger partial charge is 0.228 e. The van der Waals surface area contributed by atoms with Crippen LogP contribution in [0, 0.1) is 0 Å². The van der Waals surface area contributed by atoms with Crippen molar-refractivity contribution in [1.82, 2.24) is 14.9 Å². The van der Waals surface area contributed by atoms with Crippen LogP contribution in [0.2, 0.25) is 0 Å². The van der Waals surface area contributed by atoms with E-state index in [1.54, 1.807) is 0 Å². The van der Waals surface area contributed by atoms with Crippen molar-refractivity contribution in [3.05, 3.63) is 24.3 Å². The van der Waals surface area contributed by atoms with Gasteiger partial charge in [-0.1, -0.05) is 12.1 Å². The minimum absolute atomic E-state index is 0.750. The van der Waals surface area contributed by atoms with E-state index < -0.39 is 0 Å². The lowest BCUT2D eigenvalue weighted by Gasteiger charge is -2.34. The maximum Gasteiger partial charge on any atom is 0.228 e. The van der Waals surface area contributed by atoms with E-state index in [1.165, 1.54) is 0 Å². The van der Waals surface area contributed by atoms with Gasteiger partial charge in [0.1, 0.15) is 5.82 Å². The molecule has 2 saturated heterocycles. The van der Waals surface area contributed by atoms with Gasteiger partial charge in [-0.2, -0.15) is 4.98 Å². The third kappa shape index (κ3) is 2.96.